The molecule has 0 radical (unpaired) electrons. The van der Waals surface area contributed by atoms with E-state index in [1.165, 1.54) is 12.1 Å². The van der Waals surface area contributed by atoms with Crippen LogP contribution in [0.2, 0.25) is 0 Å². The smallest absolute Gasteiger partial charge is 0.259 e. The van der Waals surface area contributed by atoms with Crippen LogP contribution in [0.1, 0.15) is 27.6 Å². The topological polar surface area (TPSA) is 126 Å². The minimum atomic E-state index is -0.567. The van der Waals surface area contributed by atoms with Gasteiger partial charge in [0.1, 0.15) is 11.4 Å². The average Bonchev–Trinajstić information content (AvgIpc) is 2.85. The lowest BCUT2D eigenvalue weighted by Gasteiger charge is -2.13. The molecule has 0 unspecified atom stereocenters. The highest BCUT2D eigenvalue weighted by atomic mass is 79.9. The molecule has 4 aromatic rings. The van der Waals surface area contributed by atoms with Crippen LogP contribution >= 0.6 is 15.9 Å². The molecule has 0 saturated heterocycles. The van der Waals surface area contributed by atoms with Crippen molar-refractivity contribution in [2.45, 2.75) is 6.92 Å². The van der Waals surface area contributed by atoms with E-state index in [9.17, 15) is 14.7 Å². The van der Waals surface area contributed by atoms with Crippen LogP contribution in [-0.4, -0.2) is 23.5 Å². The maximum atomic E-state index is 13.2. The summed E-state index contributed by atoms with van der Waals surface area (Å²) in [4.78, 5) is 24.6. The Balaban J connectivity index is 1.75. The number of carbonyl (C=O) groups is 2. The van der Waals surface area contributed by atoms with Gasteiger partial charge in [-0.25, -0.2) is 0 Å². The number of halogens is 1. The number of nitrogens with one attached hydrogen (secondary N) is 1. The zero-order chi connectivity index (χ0) is 24.9. The van der Waals surface area contributed by atoms with E-state index >= 15 is 0 Å². The van der Waals surface area contributed by atoms with Gasteiger partial charge in [0, 0.05) is 15.4 Å². The molecule has 0 fully saturated rings. The molecule has 4 N–H and O–H groups in total. The summed E-state index contributed by atoms with van der Waals surface area (Å²) in [6.07, 6.45) is 0. The van der Waals surface area contributed by atoms with Crippen molar-refractivity contribution >= 4 is 55.6 Å². The van der Waals surface area contributed by atoms with Gasteiger partial charge in [0.05, 0.1) is 23.5 Å². The summed E-state index contributed by atoms with van der Waals surface area (Å²) in [6.45, 7) is 2.29. The first-order valence-corrected chi connectivity index (χ1v) is 11.5. The predicted molar refractivity (Wildman–Crippen MR) is 138 cm³/mol. The lowest BCUT2D eigenvalue weighted by molar-refractivity contribution is 0.0997. The highest BCUT2D eigenvalue weighted by Gasteiger charge is 2.19. The van der Waals surface area contributed by atoms with Crippen LogP contribution < -0.4 is 15.8 Å². The van der Waals surface area contributed by atoms with Crippen LogP contribution in [-0.2, 0) is 0 Å². The molecule has 176 valence electrons. The Kier molecular flexibility index (Phi) is 7.07. The lowest BCUT2D eigenvalue weighted by Crippen LogP contribution is -2.13. The third-order valence-electron chi connectivity index (χ3n) is 5.16. The lowest BCUT2D eigenvalue weighted by atomic mass is 10.0. The van der Waals surface area contributed by atoms with Crippen molar-refractivity contribution in [2.24, 2.45) is 16.0 Å². The zero-order valence-corrected chi connectivity index (χ0v) is 20.2. The van der Waals surface area contributed by atoms with E-state index in [0.29, 0.717) is 44.5 Å². The van der Waals surface area contributed by atoms with Crippen molar-refractivity contribution in [1.29, 1.82) is 0 Å². The van der Waals surface area contributed by atoms with E-state index in [1.54, 1.807) is 48.5 Å². The average molecular weight is 533 g/mol. The third kappa shape index (κ3) is 5.15. The van der Waals surface area contributed by atoms with E-state index in [1.807, 2.05) is 19.1 Å². The molecular formula is C26H21BrN4O4. The number of hydrogen-bond donors (Lipinski definition) is 3. The summed E-state index contributed by atoms with van der Waals surface area (Å²) in [6, 6.07) is 20.5. The van der Waals surface area contributed by atoms with Crippen molar-refractivity contribution in [1.82, 2.24) is 0 Å². The Morgan fingerprint density at radius 3 is 2.51 bits per heavy atom. The first kappa shape index (κ1) is 23.9. The number of anilines is 1. The molecule has 2 amide bonds. The highest BCUT2D eigenvalue weighted by Crippen LogP contribution is 2.40. The van der Waals surface area contributed by atoms with E-state index in [-0.39, 0.29) is 17.0 Å². The molecule has 0 aliphatic heterocycles. The Hall–Kier alpha value is -4.24. The second-order valence-electron chi connectivity index (χ2n) is 7.46. The van der Waals surface area contributed by atoms with Crippen LogP contribution in [0.25, 0.3) is 10.8 Å². The second kappa shape index (κ2) is 10.4. The number of fused-ring (bicyclic) bond motifs is 1. The van der Waals surface area contributed by atoms with Crippen LogP contribution in [0.3, 0.4) is 0 Å². The normalized spacial score (nSPS) is 11.0. The number of primary amides is 1. The Morgan fingerprint density at radius 2 is 1.77 bits per heavy atom. The van der Waals surface area contributed by atoms with Crippen molar-refractivity contribution in [3.05, 3.63) is 88.4 Å². The van der Waals surface area contributed by atoms with Crippen LogP contribution in [0.4, 0.5) is 17.1 Å². The number of nitrogens with two attached hydrogens (primary N) is 1. The Bertz CT molecular complexity index is 1470. The molecule has 0 heterocycles. The minimum absolute atomic E-state index is 0.0343. The molecule has 0 bridgehead atoms. The largest absolute Gasteiger partial charge is 0.505 e. The summed E-state index contributed by atoms with van der Waals surface area (Å²) in [7, 11) is 0. The molecule has 0 atom stereocenters. The Morgan fingerprint density at radius 1 is 1.03 bits per heavy atom. The van der Waals surface area contributed by atoms with Crippen molar-refractivity contribution in [3.63, 3.8) is 0 Å². The number of aromatic hydroxyl groups is 1. The molecule has 35 heavy (non-hydrogen) atoms. The van der Waals surface area contributed by atoms with Gasteiger partial charge in [0.25, 0.3) is 5.91 Å². The Labute approximate surface area is 209 Å². The standard InChI is InChI=1S/C26H21BrN4O4/c1-2-35-22-10-6-5-9-21(22)29-26(34)18-13-15-7-3-4-8-17(15)23(24(18)32)31-30-20-12-11-16(25(28)33)14-19(20)27/h3-14,32H,2H2,1H3,(H2,28,33)(H,29,34). The van der Waals surface area contributed by atoms with Crippen molar-refractivity contribution < 1.29 is 19.4 Å². The number of rotatable bonds is 7. The fourth-order valence-corrected chi connectivity index (χ4v) is 3.94. The van der Waals surface area contributed by atoms with Crippen LogP contribution in [0, 0.1) is 0 Å². The summed E-state index contributed by atoms with van der Waals surface area (Å²) < 4.78 is 6.08. The summed E-state index contributed by atoms with van der Waals surface area (Å²) in [5.41, 5.74) is 6.69. The van der Waals surface area contributed by atoms with Gasteiger partial charge in [0.15, 0.2) is 5.75 Å². The number of carbonyl (C=O) groups excluding carboxylic acids is 2. The van der Waals surface area contributed by atoms with Gasteiger partial charge in [-0.2, -0.15) is 0 Å². The quantitative estimate of drug-likeness (QED) is 0.235. The number of phenols is 1. The fraction of sp³-hybridized carbons (Fsp3) is 0.0769. The molecule has 8 nitrogen and oxygen atoms in total. The molecular weight excluding hydrogens is 512 g/mol. The molecule has 0 aromatic heterocycles. The number of benzene rings is 4. The van der Waals surface area contributed by atoms with Gasteiger partial charge >= 0.3 is 0 Å². The van der Waals surface area contributed by atoms with Gasteiger partial charge in [-0.05, 0) is 64.6 Å². The molecule has 0 aliphatic carbocycles. The number of hydrogen-bond acceptors (Lipinski definition) is 6. The molecule has 0 aliphatic rings. The SMILES string of the molecule is CCOc1ccccc1NC(=O)c1cc2ccccc2c(N=Nc2ccc(C(N)=O)cc2Br)c1O. The number of para-hydroxylation sites is 2. The maximum Gasteiger partial charge on any atom is 0.259 e. The number of amides is 2. The molecule has 4 rings (SSSR count). The summed E-state index contributed by atoms with van der Waals surface area (Å²) in [5, 5.41) is 23.7. The van der Waals surface area contributed by atoms with E-state index in [2.05, 4.69) is 31.5 Å². The monoisotopic (exact) mass is 532 g/mol. The first-order chi connectivity index (χ1) is 16.9. The number of azo groups is 1. The van der Waals surface area contributed by atoms with Gasteiger partial charge in [-0.3, -0.25) is 9.59 Å². The van der Waals surface area contributed by atoms with Gasteiger partial charge < -0.3 is 20.9 Å². The number of ether oxygens (including phenoxy) is 1. The highest BCUT2D eigenvalue weighted by molar-refractivity contribution is 9.10. The molecule has 4 aromatic carbocycles. The van der Waals surface area contributed by atoms with Crippen LogP contribution in [0.5, 0.6) is 11.5 Å². The van der Waals surface area contributed by atoms with E-state index in [4.69, 9.17) is 10.5 Å². The summed E-state index contributed by atoms with van der Waals surface area (Å²) >= 11 is 3.35. The van der Waals surface area contributed by atoms with Crippen LogP contribution in [0.15, 0.2) is 87.5 Å². The zero-order valence-electron chi connectivity index (χ0n) is 18.7. The second-order valence-corrected chi connectivity index (χ2v) is 8.31. The van der Waals surface area contributed by atoms with E-state index < -0.39 is 11.8 Å². The predicted octanol–water partition coefficient (Wildman–Crippen LogP) is 6.47. The van der Waals surface area contributed by atoms with Gasteiger partial charge in [0.2, 0.25) is 5.91 Å². The fourth-order valence-electron chi connectivity index (χ4n) is 3.48. The molecule has 0 saturated carbocycles. The first-order valence-electron chi connectivity index (χ1n) is 10.7. The van der Waals surface area contributed by atoms with Crippen molar-refractivity contribution in [2.75, 3.05) is 11.9 Å². The summed E-state index contributed by atoms with van der Waals surface area (Å²) in [5.74, 6) is -0.886. The molecule has 0 spiro atoms. The minimum Gasteiger partial charge on any atom is -0.505 e. The third-order valence-corrected chi connectivity index (χ3v) is 5.80. The maximum absolute atomic E-state index is 13.2. The number of nitrogens with zero attached hydrogens (tertiary/aromatic N) is 2. The molecule has 9 heteroatoms. The van der Waals surface area contributed by atoms with Crippen molar-refractivity contribution in [3.8, 4) is 11.5 Å². The van der Waals surface area contributed by atoms with Gasteiger partial charge in [-0.1, -0.05) is 36.4 Å². The van der Waals surface area contributed by atoms with Gasteiger partial charge in [-0.15, -0.1) is 10.2 Å². The number of phenolic OH excluding ortho intramolecular Hbond substituents is 1. The van der Waals surface area contributed by atoms with E-state index in [0.717, 1.165) is 0 Å².